The van der Waals surface area contributed by atoms with E-state index in [1.54, 1.807) is 0 Å². The molecule has 0 atom stereocenters. The van der Waals surface area contributed by atoms with Crippen LogP contribution in [0.25, 0.3) is 6.08 Å². The van der Waals surface area contributed by atoms with Gasteiger partial charge in [-0.1, -0.05) is 13.5 Å². The molecule has 0 N–H and O–H groups in total. The van der Waals surface area contributed by atoms with Crippen molar-refractivity contribution in [3.63, 3.8) is 0 Å². The Morgan fingerprint density at radius 1 is 1.55 bits per heavy atom. The summed E-state index contributed by atoms with van der Waals surface area (Å²) in [5, 5.41) is 0. The van der Waals surface area contributed by atoms with Crippen LogP contribution in [0.2, 0.25) is 0 Å². The lowest BCUT2D eigenvalue weighted by atomic mass is 10.2. The zero-order chi connectivity index (χ0) is 8.27. The second-order valence-electron chi connectivity index (χ2n) is 2.63. The van der Waals surface area contributed by atoms with Gasteiger partial charge in [-0.15, -0.1) is 0 Å². The van der Waals surface area contributed by atoms with Gasteiger partial charge in [-0.2, -0.15) is 0 Å². The van der Waals surface area contributed by atoms with Gasteiger partial charge in [-0.3, -0.25) is 0 Å². The van der Waals surface area contributed by atoms with Gasteiger partial charge < -0.3 is 0 Å². The molecule has 1 aromatic heterocycles. The maximum atomic E-state index is 3.73. The fourth-order valence-corrected chi connectivity index (χ4v) is 1.10. The third kappa shape index (κ3) is 1.67. The number of hydrogen-bond donors (Lipinski definition) is 0. The fourth-order valence-electron chi connectivity index (χ4n) is 1.10. The van der Waals surface area contributed by atoms with Gasteiger partial charge in [0.05, 0.1) is 0 Å². The number of hydrogen-bond acceptors (Lipinski definition) is 0. The van der Waals surface area contributed by atoms with E-state index in [-0.39, 0.29) is 0 Å². The van der Waals surface area contributed by atoms with Crippen LogP contribution < -0.4 is 4.57 Å². The molecule has 0 saturated heterocycles. The Balaban J connectivity index is 3.09. The van der Waals surface area contributed by atoms with Gasteiger partial charge >= 0.3 is 0 Å². The van der Waals surface area contributed by atoms with Crippen LogP contribution in [0.1, 0.15) is 18.2 Å². The predicted octanol–water partition coefficient (Wildman–Crippen LogP) is 1.72. The lowest BCUT2D eigenvalue weighted by Gasteiger charge is -1.95. The van der Waals surface area contributed by atoms with E-state index in [0.29, 0.717) is 0 Å². The van der Waals surface area contributed by atoms with Crippen LogP contribution in [0, 0.1) is 0 Å². The van der Waals surface area contributed by atoms with Crippen molar-refractivity contribution < 1.29 is 4.57 Å². The molecule has 58 valence electrons. The van der Waals surface area contributed by atoms with Gasteiger partial charge in [0.25, 0.3) is 0 Å². The minimum atomic E-state index is 1.09. The Hall–Kier alpha value is -1.11. The third-order valence-electron chi connectivity index (χ3n) is 1.85. The summed E-state index contributed by atoms with van der Waals surface area (Å²) in [5.74, 6) is 0. The SMILES string of the molecule is C=Cc1ccc(CC)c[n+]1C. The standard InChI is InChI=1S/C10H14N/c1-4-9-6-7-10(5-2)11(3)8-9/h5-8H,2,4H2,1,3H3/q+1. The molecule has 0 saturated carbocycles. The van der Waals surface area contributed by atoms with E-state index >= 15 is 0 Å². The predicted molar refractivity (Wildman–Crippen MR) is 47.1 cm³/mol. The zero-order valence-electron chi connectivity index (χ0n) is 7.17. The van der Waals surface area contributed by atoms with Crippen molar-refractivity contribution in [3.8, 4) is 0 Å². The van der Waals surface area contributed by atoms with Crippen LogP contribution >= 0.6 is 0 Å². The lowest BCUT2D eigenvalue weighted by Crippen LogP contribution is -2.31. The summed E-state index contributed by atoms with van der Waals surface area (Å²) in [4.78, 5) is 0. The van der Waals surface area contributed by atoms with Crippen molar-refractivity contribution in [2.75, 3.05) is 0 Å². The van der Waals surface area contributed by atoms with Crippen molar-refractivity contribution in [1.82, 2.24) is 0 Å². The molecule has 1 heteroatoms. The fraction of sp³-hybridized carbons (Fsp3) is 0.300. The van der Waals surface area contributed by atoms with Crippen LogP contribution in [0.15, 0.2) is 24.9 Å². The van der Waals surface area contributed by atoms with Crippen molar-refractivity contribution in [2.24, 2.45) is 7.05 Å². The highest BCUT2D eigenvalue weighted by molar-refractivity contribution is 5.37. The molecular weight excluding hydrogens is 134 g/mol. The topological polar surface area (TPSA) is 3.88 Å². The Kier molecular flexibility index (Phi) is 2.42. The summed E-state index contributed by atoms with van der Waals surface area (Å²) in [6.07, 6.45) is 5.09. The quantitative estimate of drug-likeness (QED) is 0.562. The van der Waals surface area contributed by atoms with Crippen LogP contribution in [-0.2, 0) is 13.5 Å². The molecule has 11 heavy (non-hydrogen) atoms. The highest BCUT2D eigenvalue weighted by Gasteiger charge is 2.01. The van der Waals surface area contributed by atoms with E-state index in [1.165, 1.54) is 5.56 Å². The van der Waals surface area contributed by atoms with Gasteiger partial charge in [0.1, 0.15) is 7.05 Å². The lowest BCUT2D eigenvalue weighted by molar-refractivity contribution is -0.673. The largest absolute Gasteiger partial charge is 0.204 e. The van der Waals surface area contributed by atoms with Crippen LogP contribution in [0.3, 0.4) is 0 Å². The number of aryl methyl sites for hydroxylation is 2. The normalized spacial score (nSPS) is 9.64. The van der Waals surface area contributed by atoms with Gasteiger partial charge in [-0.05, 0) is 12.5 Å². The molecule has 0 unspecified atom stereocenters. The molecule has 0 aliphatic carbocycles. The number of nitrogens with zero attached hydrogens (tertiary/aromatic N) is 1. The summed E-state index contributed by atoms with van der Waals surface area (Å²) in [7, 11) is 2.04. The minimum absolute atomic E-state index is 1.09. The highest BCUT2D eigenvalue weighted by atomic mass is 14.9. The molecule has 0 fully saturated rings. The summed E-state index contributed by atoms with van der Waals surface area (Å²) >= 11 is 0. The molecule has 1 aromatic rings. The summed E-state index contributed by atoms with van der Waals surface area (Å²) < 4.78 is 2.09. The molecular formula is C10H14N+. The molecule has 1 nitrogen and oxygen atoms in total. The summed E-state index contributed by atoms with van der Waals surface area (Å²) in [6.45, 7) is 5.88. The Morgan fingerprint density at radius 3 is 2.73 bits per heavy atom. The molecule has 0 aliphatic heterocycles. The minimum Gasteiger partial charge on any atom is -0.201 e. The van der Waals surface area contributed by atoms with Gasteiger partial charge in [0.2, 0.25) is 5.69 Å². The first kappa shape index (κ1) is 7.99. The maximum absolute atomic E-state index is 3.73. The number of pyridine rings is 1. The highest BCUT2D eigenvalue weighted by Crippen LogP contribution is 1.99. The van der Waals surface area contributed by atoms with Crippen molar-refractivity contribution in [1.29, 1.82) is 0 Å². The van der Waals surface area contributed by atoms with Crippen molar-refractivity contribution >= 4 is 6.08 Å². The molecule has 0 radical (unpaired) electrons. The third-order valence-corrected chi connectivity index (χ3v) is 1.85. The molecule has 1 rings (SSSR count). The average molecular weight is 148 g/mol. The van der Waals surface area contributed by atoms with Crippen LogP contribution in [-0.4, -0.2) is 0 Å². The zero-order valence-corrected chi connectivity index (χ0v) is 7.17. The molecule has 0 aromatic carbocycles. The summed E-state index contributed by atoms with van der Waals surface area (Å²) in [5.41, 5.74) is 2.51. The van der Waals surface area contributed by atoms with E-state index in [4.69, 9.17) is 0 Å². The molecule has 0 spiro atoms. The van der Waals surface area contributed by atoms with E-state index in [0.717, 1.165) is 12.1 Å². The van der Waals surface area contributed by atoms with Crippen molar-refractivity contribution in [3.05, 3.63) is 36.2 Å². The first-order valence-corrected chi connectivity index (χ1v) is 3.89. The molecule has 0 amide bonds. The van der Waals surface area contributed by atoms with Crippen LogP contribution in [0.5, 0.6) is 0 Å². The smallest absolute Gasteiger partial charge is 0.201 e. The Labute approximate surface area is 68.0 Å². The van der Waals surface area contributed by atoms with Crippen LogP contribution in [0.4, 0.5) is 0 Å². The number of rotatable bonds is 2. The first-order valence-electron chi connectivity index (χ1n) is 3.89. The Bertz CT molecular complexity index is 264. The molecule has 1 heterocycles. The van der Waals surface area contributed by atoms with E-state index in [1.807, 2.05) is 13.1 Å². The first-order chi connectivity index (χ1) is 5.27. The average Bonchev–Trinajstić information content (AvgIpc) is 2.04. The monoisotopic (exact) mass is 148 g/mol. The van der Waals surface area contributed by atoms with Gasteiger partial charge in [0, 0.05) is 17.7 Å². The van der Waals surface area contributed by atoms with E-state index < -0.39 is 0 Å². The second-order valence-corrected chi connectivity index (χ2v) is 2.63. The number of aromatic nitrogens is 1. The van der Waals surface area contributed by atoms with E-state index in [2.05, 4.69) is 36.4 Å². The van der Waals surface area contributed by atoms with E-state index in [9.17, 15) is 0 Å². The summed E-state index contributed by atoms with van der Waals surface area (Å²) in [6, 6.07) is 4.23. The Morgan fingerprint density at radius 2 is 2.27 bits per heavy atom. The van der Waals surface area contributed by atoms with Gasteiger partial charge in [0.15, 0.2) is 6.20 Å². The van der Waals surface area contributed by atoms with Gasteiger partial charge in [-0.25, -0.2) is 4.57 Å². The molecule has 0 aliphatic rings. The maximum Gasteiger partial charge on any atom is 0.204 e. The molecule has 0 bridgehead atoms. The van der Waals surface area contributed by atoms with Crippen molar-refractivity contribution in [2.45, 2.75) is 13.3 Å². The second kappa shape index (κ2) is 3.33.